The fraction of sp³-hybridized carbons (Fsp3) is 0.312. The first-order chi connectivity index (χ1) is 11.3. The zero-order valence-corrected chi connectivity index (χ0v) is 14.9. The summed E-state index contributed by atoms with van der Waals surface area (Å²) >= 11 is 5.80. The Morgan fingerprint density at radius 2 is 1.92 bits per heavy atom. The van der Waals surface area contributed by atoms with E-state index in [9.17, 15) is 13.2 Å². The first-order valence-electron chi connectivity index (χ1n) is 7.26. The Balaban J connectivity index is 2.29. The maximum absolute atomic E-state index is 12.8. The van der Waals surface area contributed by atoms with Gasteiger partial charge in [0.25, 0.3) is 0 Å². The van der Waals surface area contributed by atoms with Gasteiger partial charge < -0.3 is 9.15 Å². The summed E-state index contributed by atoms with van der Waals surface area (Å²) in [5, 5.41) is 0.422. The van der Waals surface area contributed by atoms with E-state index in [1.807, 2.05) is 0 Å². The van der Waals surface area contributed by atoms with Gasteiger partial charge >= 0.3 is 5.97 Å². The second-order valence-electron chi connectivity index (χ2n) is 5.34. The largest absolute Gasteiger partial charge is 0.468 e. The average molecular weight is 372 g/mol. The van der Waals surface area contributed by atoms with E-state index in [1.54, 1.807) is 26.0 Å². The molecule has 1 aromatic heterocycles. The van der Waals surface area contributed by atoms with E-state index >= 15 is 0 Å². The van der Waals surface area contributed by atoms with Gasteiger partial charge in [-0.1, -0.05) is 11.6 Å². The quantitative estimate of drug-likeness (QED) is 0.699. The van der Waals surface area contributed by atoms with Crippen LogP contribution in [-0.4, -0.2) is 31.3 Å². The van der Waals surface area contributed by atoms with E-state index in [2.05, 4.69) is 0 Å². The Morgan fingerprint density at radius 1 is 1.25 bits per heavy atom. The zero-order chi connectivity index (χ0) is 17.7. The van der Waals surface area contributed by atoms with Crippen molar-refractivity contribution in [2.75, 3.05) is 6.54 Å². The number of halogens is 1. The molecular weight excluding hydrogens is 354 g/mol. The minimum Gasteiger partial charge on any atom is -0.468 e. The van der Waals surface area contributed by atoms with Crippen LogP contribution < -0.4 is 0 Å². The van der Waals surface area contributed by atoms with Crippen molar-refractivity contribution in [3.05, 3.63) is 53.4 Å². The number of hydrogen-bond acceptors (Lipinski definition) is 5. The third-order valence-corrected chi connectivity index (χ3v) is 5.09. The first kappa shape index (κ1) is 18.5. The smallest absolute Gasteiger partial charge is 0.321 e. The first-order valence-corrected chi connectivity index (χ1v) is 9.08. The summed E-state index contributed by atoms with van der Waals surface area (Å²) in [4.78, 5) is 12.0. The van der Waals surface area contributed by atoms with Crippen LogP contribution in [0.2, 0.25) is 5.02 Å². The van der Waals surface area contributed by atoms with Gasteiger partial charge in [0.15, 0.2) is 0 Å². The van der Waals surface area contributed by atoms with Crippen LogP contribution in [0.15, 0.2) is 52.0 Å². The van der Waals surface area contributed by atoms with Gasteiger partial charge in [-0.05, 0) is 50.2 Å². The maximum atomic E-state index is 12.8. The molecule has 0 unspecified atom stereocenters. The van der Waals surface area contributed by atoms with Gasteiger partial charge in [-0.15, -0.1) is 0 Å². The van der Waals surface area contributed by atoms with Crippen LogP contribution in [0.25, 0.3) is 0 Å². The number of rotatable bonds is 7. The molecule has 0 amide bonds. The lowest BCUT2D eigenvalue weighted by Crippen LogP contribution is -2.36. The van der Waals surface area contributed by atoms with Crippen molar-refractivity contribution in [3.8, 4) is 0 Å². The molecule has 8 heteroatoms. The van der Waals surface area contributed by atoms with Crippen LogP contribution in [0.5, 0.6) is 0 Å². The van der Waals surface area contributed by atoms with E-state index in [4.69, 9.17) is 20.8 Å². The number of hydrogen-bond donors (Lipinski definition) is 0. The molecule has 0 saturated heterocycles. The number of esters is 1. The molecule has 0 aliphatic rings. The van der Waals surface area contributed by atoms with Gasteiger partial charge in [-0.3, -0.25) is 4.79 Å². The standard InChI is InChI=1S/C16H18ClNO5S/c1-12(2)23-16(19)11-18(10-14-4-3-9-22-14)24(20,21)15-7-5-13(17)6-8-15/h3-9,12H,10-11H2,1-2H3. The molecule has 24 heavy (non-hydrogen) atoms. The topological polar surface area (TPSA) is 76.8 Å². The van der Waals surface area contributed by atoms with E-state index in [0.29, 0.717) is 10.8 Å². The Labute approximate surface area is 146 Å². The molecule has 0 atom stereocenters. The highest BCUT2D eigenvalue weighted by Gasteiger charge is 2.28. The highest BCUT2D eigenvalue weighted by Crippen LogP contribution is 2.20. The minimum atomic E-state index is -3.91. The third-order valence-electron chi connectivity index (χ3n) is 3.04. The minimum absolute atomic E-state index is 0.0378. The number of nitrogens with zero attached hydrogens (tertiary/aromatic N) is 1. The van der Waals surface area contributed by atoms with Crippen molar-refractivity contribution in [2.24, 2.45) is 0 Å². The summed E-state index contributed by atoms with van der Waals surface area (Å²) in [5.74, 6) is -0.209. The second kappa shape index (κ2) is 7.83. The van der Waals surface area contributed by atoms with Gasteiger partial charge in [-0.2, -0.15) is 4.31 Å². The Hall–Kier alpha value is -1.83. The van der Waals surface area contributed by atoms with Crippen LogP contribution in [0.4, 0.5) is 0 Å². The van der Waals surface area contributed by atoms with E-state index in [1.165, 1.54) is 30.5 Å². The van der Waals surface area contributed by atoms with Crippen LogP contribution >= 0.6 is 11.6 Å². The van der Waals surface area contributed by atoms with Crippen molar-refractivity contribution in [2.45, 2.75) is 31.4 Å². The van der Waals surface area contributed by atoms with E-state index in [0.717, 1.165) is 4.31 Å². The number of furan rings is 1. The summed E-state index contributed by atoms with van der Waals surface area (Å²) in [6, 6.07) is 9.02. The molecule has 6 nitrogen and oxygen atoms in total. The monoisotopic (exact) mass is 371 g/mol. The van der Waals surface area contributed by atoms with Crippen molar-refractivity contribution in [3.63, 3.8) is 0 Å². The van der Waals surface area contributed by atoms with Crippen LogP contribution in [0, 0.1) is 0 Å². The molecule has 0 aliphatic carbocycles. The molecular formula is C16H18ClNO5S. The van der Waals surface area contributed by atoms with Crippen LogP contribution in [-0.2, 0) is 26.1 Å². The predicted octanol–water partition coefficient (Wildman–Crippen LogP) is 3.08. The molecule has 130 valence electrons. The Morgan fingerprint density at radius 3 is 2.46 bits per heavy atom. The molecule has 0 saturated carbocycles. The van der Waals surface area contributed by atoms with Gasteiger partial charge in [0.1, 0.15) is 12.3 Å². The highest BCUT2D eigenvalue weighted by atomic mass is 35.5. The highest BCUT2D eigenvalue weighted by molar-refractivity contribution is 7.89. The molecule has 1 aromatic carbocycles. The lowest BCUT2D eigenvalue weighted by atomic mass is 10.4. The van der Waals surface area contributed by atoms with Crippen molar-refractivity contribution < 1.29 is 22.4 Å². The maximum Gasteiger partial charge on any atom is 0.321 e. The van der Waals surface area contributed by atoms with E-state index in [-0.39, 0.29) is 17.5 Å². The van der Waals surface area contributed by atoms with Crippen molar-refractivity contribution in [1.82, 2.24) is 4.31 Å². The second-order valence-corrected chi connectivity index (χ2v) is 7.72. The number of carbonyl (C=O) groups excluding carboxylic acids is 1. The molecule has 0 fully saturated rings. The zero-order valence-electron chi connectivity index (χ0n) is 13.3. The number of carbonyl (C=O) groups is 1. The molecule has 2 rings (SSSR count). The summed E-state index contributed by atoms with van der Waals surface area (Å²) in [5.41, 5.74) is 0. The molecule has 0 bridgehead atoms. The average Bonchev–Trinajstić information content (AvgIpc) is 2.99. The van der Waals surface area contributed by atoms with Gasteiger partial charge in [-0.25, -0.2) is 8.42 Å². The summed E-state index contributed by atoms with van der Waals surface area (Å²) in [6.45, 7) is 2.90. The summed E-state index contributed by atoms with van der Waals surface area (Å²) in [7, 11) is -3.91. The Kier molecular flexibility index (Phi) is 6.04. The van der Waals surface area contributed by atoms with Crippen molar-refractivity contribution in [1.29, 1.82) is 0 Å². The summed E-state index contributed by atoms with van der Waals surface area (Å²) in [6.07, 6.45) is 1.11. The molecule has 0 radical (unpaired) electrons. The number of benzene rings is 1. The molecule has 0 spiro atoms. The summed E-state index contributed by atoms with van der Waals surface area (Å²) < 4.78 is 36.9. The Bertz CT molecular complexity index is 769. The molecule has 1 heterocycles. The fourth-order valence-electron chi connectivity index (χ4n) is 2.00. The molecule has 0 N–H and O–H groups in total. The fourth-order valence-corrected chi connectivity index (χ4v) is 3.48. The van der Waals surface area contributed by atoms with Crippen molar-refractivity contribution >= 4 is 27.6 Å². The SMILES string of the molecule is CC(C)OC(=O)CN(Cc1ccco1)S(=O)(=O)c1ccc(Cl)cc1. The third kappa shape index (κ3) is 4.83. The molecule has 0 aliphatic heterocycles. The van der Waals surface area contributed by atoms with Crippen LogP contribution in [0.1, 0.15) is 19.6 Å². The number of sulfonamides is 1. The van der Waals surface area contributed by atoms with Gasteiger partial charge in [0, 0.05) is 5.02 Å². The predicted molar refractivity (Wildman–Crippen MR) is 89.0 cm³/mol. The van der Waals surface area contributed by atoms with Gasteiger partial charge in [0.05, 0.1) is 23.8 Å². The normalized spacial score (nSPS) is 11.9. The van der Waals surface area contributed by atoms with Crippen LogP contribution in [0.3, 0.4) is 0 Å². The lowest BCUT2D eigenvalue weighted by Gasteiger charge is -2.21. The molecule has 2 aromatic rings. The lowest BCUT2D eigenvalue weighted by molar-refractivity contribution is -0.147. The van der Waals surface area contributed by atoms with Gasteiger partial charge in [0.2, 0.25) is 10.0 Å². The van der Waals surface area contributed by atoms with E-state index < -0.39 is 22.5 Å². The number of ether oxygens (including phenoxy) is 1.